The number of thioether (sulfide) groups is 1. The summed E-state index contributed by atoms with van der Waals surface area (Å²) in [6.45, 7) is 8.14. The third-order valence-electron chi connectivity index (χ3n) is 6.55. The first kappa shape index (κ1) is 30.0. The highest BCUT2D eigenvalue weighted by Crippen LogP contribution is 2.39. The number of rotatable bonds is 13. The molecule has 0 aliphatic carbocycles. The monoisotopic (exact) mass is 595 g/mol. The van der Waals surface area contributed by atoms with Gasteiger partial charge in [-0.3, -0.25) is 9.69 Å². The van der Waals surface area contributed by atoms with Gasteiger partial charge in [0.15, 0.2) is 11.5 Å². The first-order valence-electron chi connectivity index (χ1n) is 13.5. The van der Waals surface area contributed by atoms with Crippen LogP contribution >= 0.6 is 35.6 Å². The summed E-state index contributed by atoms with van der Waals surface area (Å²) >= 11 is 13.4. The van der Waals surface area contributed by atoms with Crippen molar-refractivity contribution in [2.24, 2.45) is 0 Å². The van der Waals surface area contributed by atoms with E-state index in [-0.39, 0.29) is 5.91 Å². The molecule has 210 valence electrons. The zero-order chi connectivity index (χ0) is 28.5. The molecule has 0 N–H and O–H groups in total. The van der Waals surface area contributed by atoms with Gasteiger partial charge in [-0.2, -0.15) is 0 Å². The van der Waals surface area contributed by atoms with E-state index in [2.05, 4.69) is 26.0 Å². The first-order chi connectivity index (χ1) is 19.4. The Labute approximate surface area is 251 Å². The molecule has 1 atom stereocenters. The SMILES string of the molecule is CCOc1cc(/C=C2/SC(=S)N(Cc3ccccc3)C2=O)cc(Cl)c1OCCCOc1ccc(C(C)CC)cc1. The predicted octanol–water partition coefficient (Wildman–Crippen LogP) is 8.50. The van der Waals surface area contributed by atoms with Crippen molar-refractivity contribution < 1.29 is 19.0 Å². The standard InChI is InChI=1S/C32H34ClNO4S2/c1-4-22(3)25-12-14-26(15-13-25)37-16-9-17-38-30-27(33)18-24(19-28(30)36-5-2)20-29-31(35)34(32(39)40-29)21-23-10-7-6-8-11-23/h6-8,10-15,18-20,22H,4-5,9,16-17,21H2,1-3H3/b29-20+. The van der Waals surface area contributed by atoms with Gasteiger partial charge in [0.1, 0.15) is 10.1 Å². The maximum Gasteiger partial charge on any atom is 0.266 e. The second-order valence-electron chi connectivity index (χ2n) is 9.45. The molecule has 0 bridgehead atoms. The topological polar surface area (TPSA) is 48.0 Å². The number of halogens is 1. The molecule has 0 saturated carbocycles. The van der Waals surface area contributed by atoms with E-state index in [9.17, 15) is 4.79 Å². The predicted molar refractivity (Wildman–Crippen MR) is 169 cm³/mol. The van der Waals surface area contributed by atoms with Crippen molar-refractivity contribution in [3.05, 3.63) is 93.3 Å². The molecule has 5 nitrogen and oxygen atoms in total. The Hall–Kier alpha value is -3.00. The molecule has 0 spiro atoms. The van der Waals surface area contributed by atoms with E-state index in [0.29, 0.717) is 64.5 Å². The van der Waals surface area contributed by atoms with Crippen LogP contribution in [-0.2, 0) is 11.3 Å². The Morgan fingerprint density at radius 3 is 2.42 bits per heavy atom. The summed E-state index contributed by atoms with van der Waals surface area (Å²) in [5, 5.41) is 0.415. The van der Waals surface area contributed by atoms with Crippen LogP contribution in [-0.4, -0.2) is 34.9 Å². The molecule has 0 aromatic heterocycles. The maximum atomic E-state index is 13.1. The highest BCUT2D eigenvalue weighted by Gasteiger charge is 2.32. The Bertz CT molecular complexity index is 1350. The van der Waals surface area contributed by atoms with Gasteiger partial charge < -0.3 is 14.2 Å². The van der Waals surface area contributed by atoms with Crippen LogP contribution in [0.25, 0.3) is 6.08 Å². The van der Waals surface area contributed by atoms with E-state index in [1.54, 1.807) is 17.0 Å². The van der Waals surface area contributed by atoms with E-state index in [1.165, 1.54) is 17.3 Å². The molecule has 0 radical (unpaired) electrons. The zero-order valence-corrected chi connectivity index (χ0v) is 25.4. The molecule has 1 aliphatic rings. The molecule has 1 saturated heterocycles. The van der Waals surface area contributed by atoms with Crippen molar-refractivity contribution in [3.63, 3.8) is 0 Å². The molecular formula is C32H34ClNO4S2. The van der Waals surface area contributed by atoms with Crippen molar-refractivity contribution in [2.45, 2.75) is 46.1 Å². The molecule has 4 rings (SSSR count). The lowest BCUT2D eigenvalue weighted by Gasteiger charge is -2.15. The molecule has 1 heterocycles. The highest BCUT2D eigenvalue weighted by molar-refractivity contribution is 8.26. The van der Waals surface area contributed by atoms with Crippen LogP contribution in [0, 0.1) is 0 Å². The van der Waals surface area contributed by atoms with Gasteiger partial charge in [0.2, 0.25) is 0 Å². The fourth-order valence-corrected chi connectivity index (χ4v) is 5.71. The summed E-state index contributed by atoms with van der Waals surface area (Å²) in [7, 11) is 0. The molecule has 40 heavy (non-hydrogen) atoms. The lowest BCUT2D eigenvalue weighted by Crippen LogP contribution is -2.27. The van der Waals surface area contributed by atoms with Crippen LogP contribution in [0.2, 0.25) is 5.02 Å². The van der Waals surface area contributed by atoms with Crippen LogP contribution in [0.5, 0.6) is 17.2 Å². The molecule has 1 aliphatic heterocycles. The first-order valence-corrected chi connectivity index (χ1v) is 15.1. The van der Waals surface area contributed by atoms with Crippen LogP contribution in [0.4, 0.5) is 0 Å². The molecule has 3 aromatic rings. The Kier molecular flexibility index (Phi) is 10.9. The zero-order valence-electron chi connectivity index (χ0n) is 23.0. The third kappa shape index (κ3) is 7.80. The number of hydrogen-bond acceptors (Lipinski definition) is 6. The Balaban J connectivity index is 1.37. The molecule has 1 unspecified atom stereocenters. The number of carbonyl (C=O) groups excluding carboxylic acids is 1. The summed E-state index contributed by atoms with van der Waals surface area (Å²) in [4.78, 5) is 15.3. The minimum Gasteiger partial charge on any atom is -0.493 e. The number of thiocarbonyl (C=S) groups is 1. The van der Waals surface area contributed by atoms with Gasteiger partial charge >= 0.3 is 0 Å². The van der Waals surface area contributed by atoms with Gasteiger partial charge in [-0.25, -0.2) is 0 Å². The van der Waals surface area contributed by atoms with E-state index >= 15 is 0 Å². The molecule has 1 fully saturated rings. The minimum atomic E-state index is -0.122. The van der Waals surface area contributed by atoms with E-state index in [4.69, 9.17) is 38.0 Å². The van der Waals surface area contributed by atoms with Gasteiger partial charge in [-0.15, -0.1) is 0 Å². The lowest BCUT2D eigenvalue weighted by molar-refractivity contribution is -0.122. The van der Waals surface area contributed by atoms with Gasteiger partial charge in [0, 0.05) is 6.42 Å². The average molecular weight is 596 g/mol. The number of nitrogens with zero attached hydrogens (tertiary/aromatic N) is 1. The largest absolute Gasteiger partial charge is 0.493 e. The second-order valence-corrected chi connectivity index (χ2v) is 11.5. The Morgan fingerprint density at radius 1 is 1.00 bits per heavy atom. The fraction of sp³-hybridized carbons (Fsp3) is 0.312. The fourth-order valence-electron chi connectivity index (χ4n) is 4.18. The molecule has 1 amide bonds. The number of amides is 1. The number of hydrogen-bond donors (Lipinski definition) is 0. The van der Waals surface area contributed by atoms with Crippen molar-refractivity contribution in [1.29, 1.82) is 0 Å². The second kappa shape index (κ2) is 14.6. The maximum absolute atomic E-state index is 13.1. The number of carbonyl (C=O) groups is 1. The number of ether oxygens (including phenoxy) is 3. The van der Waals surface area contributed by atoms with E-state index in [1.807, 2.05) is 55.5 Å². The molecule has 8 heteroatoms. The van der Waals surface area contributed by atoms with Gasteiger partial charge in [0.05, 0.1) is 36.3 Å². The van der Waals surface area contributed by atoms with Gasteiger partial charge in [0.25, 0.3) is 5.91 Å². The van der Waals surface area contributed by atoms with Crippen molar-refractivity contribution in [2.75, 3.05) is 19.8 Å². The van der Waals surface area contributed by atoms with Crippen LogP contribution in [0.3, 0.4) is 0 Å². The van der Waals surface area contributed by atoms with Crippen LogP contribution < -0.4 is 14.2 Å². The molecular weight excluding hydrogens is 562 g/mol. The van der Waals surface area contributed by atoms with Crippen molar-refractivity contribution in [3.8, 4) is 17.2 Å². The number of benzene rings is 3. The molecule has 3 aromatic carbocycles. The van der Waals surface area contributed by atoms with Gasteiger partial charge in [-0.1, -0.05) is 91.9 Å². The van der Waals surface area contributed by atoms with E-state index in [0.717, 1.165) is 23.3 Å². The van der Waals surface area contributed by atoms with Crippen molar-refractivity contribution in [1.82, 2.24) is 4.90 Å². The summed E-state index contributed by atoms with van der Waals surface area (Å²) in [6.07, 6.45) is 3.59. The Morgan fingerprint density at radius 2 is 1.73 bits per heavy atom. The summed E-state index contributed by atoms with van der Waals surface area (Å²) < 4.78 is 18.3. The quantitative estimate of drug-likeness (QED) is 0.112. The average Bonchev–Trinajstić information content (AvgIpc) is 3.21. The van der Waals surface area contributed by atoms with Gasteiger partial charge in [-0.05, 0) is 66.3 Å². The van der Waals surface area contributed by atoms with Crippen LogP contribution in [0.1, 0.15) is 56.2 Å². The minimum absolute atomic E-state index is 0.122. The summed E-state index contributed by atoms with van der Waals surface area (Å²) in [6, 6.07) is 21.7. The lowest BCUT2D eigenvalue weighted by atomic mass is 9.99. The smallest absolute Gasteiger partial charge is 0.266 e. The highest BCUT2D eigenvalue weighted by atomic mass is 35.5. The third-order valence-corrected chi connectivity index (χ3v) is 8.21. The van der Waals surface area contributed by atoms with Crippen molar-refractivity contribution >= 4 is 51.9 Å². The summed E-state index contributed by atoms with van der Waals surface area (Å²) in [5.41, 5.74) is 3.08. The van der Waals surface area contributed by atoms with E-state index < -0.39 is 0 Å². The van der Waals surface area contributed by atoms with Crippen LogP contribution in [0.15, 0.2) is 71.6 Å². The summed E-state index contributed by atoms with van der Waals surface area (Å²) in [5.74, 6) is 2.28. The normalized spacial score (nSPS) is 15.0.